The van der Waals surface area contributed by atoms with Crippen LogP contribution in [0.1, 0.15) is 18.4 Å². The maximum Gasteiger partial charge on any atom is 0.189 e. The number of thioether (sulfide) groups is 1. The van der Waals surface area contributed by atoms with Crippen LogP contribution in [0, 0.1) is 0 Å². The lowest BCUT2D eigenvalue weighted by atomic mass is 10.0. The summed E-state index contributed by atoms with van der Waals surface area (Å²) < 4.78 is 0. The fraction of sp³-hybridized carbons (Fsp3) is 0.444. The molecule has 128 valence electrons. The van der Waals surface area contributed by atoms with E-state index >= 15 is 0 Å². The highest BCUT2D eigenvalue weighted by Gasteiger charge is 2.23. The first kappa shape index (κ1) is 17.5. The van der Waals surface area contributed by atoms with Gasteiger partial charge in [0.15, 0.2) is 5.16 Å². The van der Waals surface area contributed by atoms with Gasteiger partial charge in [0.2, 0.25) is 0 Å². The van der Waals surface area contributed by atoms with E-state index < -0.39 is 0 Å². The molecule has 0 aliphatic carbocycles. The van der Waals surface area contributed by atoms with Crippen molar-refractivity contribution in [2.45, 2.75) is 30.6 Å². The highest BCUT2D eigenvalue weighted by atomic mass is 35.5. The quantitative estimate of drug-likeness (QED) is 0.594. The predicted molar refractivity (Wildman–Crippen MR) is 102 cm³/mol. The van der Waals surface area contributed by atoms with Crippen molar-refractivity contribution in [1.29, 1.82) is 0 Å². The average molecular weight is 363 g/mol. The van der Waals surface area contributed by atoms with Crippen LogP contribution in [0.3, 0.4) is 0 Å². The largest absolute Gasteiger partial charge is 0.356 e. The standard InChI is InChI=1S/C18H23ClN4S/c1-22(13-14-4-3-5-15(19)12-14)16-7-10-23(11-8-16)17-6-9-20-18(21-17)24-2/h3-6,9,12,16H,7-8,10-11,13H2,1-2H3. The summed E-state index contributed by atoms with van der Waals surface area (Å²) in [7, 11) is 2.21. The molecule has 2 aromatic rings. The molecule has 24 heavy (non-hydrogen) atoms. The summed E-state index contributed by atoms with van der Waals surface area (Å²) in [4.78, 5) is 13.7. The Kier molecular flexibility index (Phi) is 5.98. The monoisotopic (exact) mass is 362 g/mol. The maximum atomic E-state index is 6.09. The summed E-state index contributed by atoms with van der Waals surface area (Å²) in [5.41, 5.74) is 1.27. The van der Waals surface area contributed by atoms with Crippen molar-refractivity contribution >= 4 is 29.2 Å². The zero-order valence-corrected chi connectivity index (χ0v) is 15.7. The van der Waals surface area contributed by atoms with E-state index in [0.717, 1.165) is 48.5 Å². The Labute approximate surface area is 153 Å². The number of anilines is 1. The minimum Gasteiger partial charge on any atom is -0.356 e. The third-order valence-electron chi connectivity index (χ3n) is 4.53. The van der Waals surface area contributed by atoms with Gasteiger partial charge in [-0.2, -0.15) is 0 Å². The minimum atomic E-state index is 0.599. The Balaban J connectivity index is 1.56. The molecule has 1 aromatic carbocycles. The summed E-state index contributed by atoms with van der Waals surface area (Å²) in [6, 6.07) is 10.7. The molecule has 1 saturated heterocycles. The van der Waals surface area contributed by atoms with Crippen LogP contribution >= 0.6 is 23.4 Å². The van der Waals surface area contributed by atoms with Crippen LogP contribution < -0.4 is 4.90 Å². The van der Waals surface area contributed by atoms with Crippen LogP contribution in [0.2, 0.25) is 5.02 Å². The number of halogens is 1. The molecule has 0 unspecified atom stereocenters. The minimum absolute atomic E-state index is 0.599. The molecular formula is C18H23ClN4S. The lowest BCUT2D eigenvalue weighted by Crippen LogP contribution is -2.43. The molecule has 1 fully saturated rings. The van der Waals surface area contributed by atoms with E-state index in [1.165, 1.54) is 5.56 Å². The lowest BCUT2D eigenvalue weighted by molar-refractivity contribution is 0.200. The van der Waals surface area contributed by atoms with Crippen molar-refractivity contribution in [3.8, 4) is 0 Å². The first-order valence-electron chi connectivity index (χ1n) is 8.22. The van der Waals surface area contributed by atoms with E-state index in [9.17, 15) is 0 Å². The van der Waals surface area contributed by atoms with Crippen molar-refractivity contribution in [2.24, 2.45) is 0 Å². The lowest BCUT2D eigenvalue weighted by Gasteiger charge is -2.37. The predicted octanol–water partition coefficient (Wildman–Crippen LogP) is 3.95. The summed E-state index contributed by atoms with van der Waals surface area (Å²) in [6.07, 6.45) is 6.16. The highest BCUT2D eigenvalue weighted by molar-refractivity contribution is 7.98. The third kappa shape index (κ3) is 4.41. The first-order valence-corrected chi connectivity index (χ1v) is 9.82. The number of aromatic nitrogens is 2. The molecule has 1 aliphatic heterocycles. The summed E-state index contributed by atoms with van der Waals surface area (Å²) in [5.74, 6) is 1.05. The van der Waals surface area contributed by atoms with Crippen LogP contribution in [-0.2, 0) is 6.54 Å². The zero-order valence-electron chi connectivity index (χ0n) is 14.2. The second-order valence-corrected chi connectivity index (χ2v) is 7.37. The zero-order chi connectivity index (χ0) is 16.9. The number of hydrogen-bond acceptors (Lipinski definition) is 5. The molecule has 4 nitrogen and oxygen atoms in total. The molecule has 1 aromatic heterocycles. The van der Waals surface area contributed by atoms with Crippen LogP contribution in [0.25, 0.3) is 0 Å². The van der Waals surface area contributed by atoms with E-state index in [1.807, 2.05) is 30.7 Å². The SMILES string of the molecule is CSc1nccc(N2CCC(N(C)Cc3cccc(Cl)c3)CC2)n1. The van der Waals surface area contributed by atoms with Gasteiger partial charge < -0.3 is 4.90 Å². The van der Waals surface area contributed by atoms with Gasteiger partial charge in [-0.05, 0) is 49.9 Å². The molecule has 0 amide bonds. The van der Waals surface area contributed by atoms with Crippen LogP contribution in [0.4, 0.5) is 5.82 Å². The van der Waals surface area contributed by atoms with Gasteiger partial charge in [0.05, 0.1) is 0 Å². The topological polar surface area (TPSA) is 32.3 Å². The molecule has 1 aliphatic rings. The molecule has 0 saturated carbocycles. The van der Waals surface area contributed by atoms with Gasteiger partial charge >= 0.3 is 0 Å². The average Bonchev–Trinajstić information content (AvgIpc) is 2.62. The van der Waals surface area contributed by atoms with E-state index in [0.29, 0.717) is 6.04 Å². The van der Waals surface area contributed by atoms with Gasteiger partial charge in [-0.15, -0.1) is 0 Å². The molecule has 0 spiro atoms. The second kappa shape index (κ2) is 8.19. The van der Waals surface area contributed by atoms with Crippen molar-refractivity contribution in [3.63, 3.8) is 0 Å². The van der Waals surface area contributed by atoms with Crippen molar-refractivity contribution in [3.05, 3.63) is 47.1 Å². The maximum absolute atomic E-state index is 6.09. The molecular weight excluding hydrogens is 340 g/mol. The molecule has 6 heteroatoms. The molecule has 0 bridgehead atoms. The number of piperidine rings is 1. The van der Waals surface area contributed by atoms with Crippen LogP contribution in [0.5, 0.6) is 0 Å². The van der Waals surface area contributed by atoms with Gasteiger partial charge in [-0.25, -0.2) is 9.97 Å². The van der Waals surface area contributed by atoms with Gasteiger partial charge in [-0.1, -0.05) is 35.5 Å². The summed E-state index contributed by atoms with van der Waals surface area (Å²) in [6.45, 7) is 3.01. The third-order valence-corrected chi connectivity index (χ3v) is 5.33. The molecule has 0 N–H and O–H groups in total. The van der Waals surface area contributed by atoms with Gasteiger partial charge in [-0.3, -0.25) is 4.90 Å². The Morgan fingerprint density at radius 1 is 1.29 bits per heavy atom. The smallest absolute Gasteiger partial charge is 0.189 e. The molecule has 0 radical (unpaired) electrons. The summed E-state index contributed by atoms with van der Waals surface area (Å²) in [5, 5.41) is 1.65. The Morgan fingerprint density at radius 3 is 2.79 bits per heavy atom. The fourth-order valence-corrected chi connectivity index (χ4v) is 3.76. The highest BCUT2D eigenvalue weighted by Crippen LogP contribution is 2.23. The molecule has 2 heterocycles. The van der Waals surface area contributed by atoms with Crippen molar-refractivity contribution in [2.75, 3.05) is 31.3 Å². The first-order chi connectivity index (χ1) is 11.7. The Bertz CT molecular complexity index is 674. The number of hydrogen-bond donors (Lipinski definition) is 0. The number of benzene rings is 1. The number of rotatable bonds is 5. The van der Waals surface area contributed by atoms with Crippen LogP contribution in [-0.4, -0.2) is 47.3 Å². The Morgan fingerprint density at radius 2 is 2.08 bits per heavy atom. The van der Waals surface area contributed by atoms with Gasteiger partial charge in [0.25, 0.3) is 0 Å². The van der Waals surface area contributed by atoms with Gasteiger partial charge in [0, 0.05) is 36.9 Å². The van der Waals surface area contributed by atoms with E-state index in [1.54, 1.807) is 11.8 Å². The van der Waals surface area contributed by atoms with Crippen molar-refractivity contribution < 1.29 is 0 Å². The number of nitrogens with zero attached hydrogens (tertiary/aromatic N) is 4. The molecule has 3 rings (SSSR count). The van der Waals surface area contributed by atoms with Gasteiger partial charge in [0.1, 0.15) is 5.82 Å². The second-order valence-electron chi connectivity index (χ2n) is 6.16. The van der Waals surface area contributed by atoms with E-state index in [-0.39, 0.29) is 0 Å². The summed E-state index contributed by atoms with van der Waals surface area (Å²) >= 11 is 7.67. The van der Waals surface area contributed by atoms with Crippen molar-refractivity contribution in [1.82, 2.24) is 14.9 Å². The Hall–Kier alpha value is -1.30. The normalized spacial score (nSPS) is 15.9. The fourth-order valence-electron chi connectivity index (χ4n) is 3.19. The molecule has 0 atom stereocenters. The van der Waals surface area contributed by atoms with Crippen LogP contribution in [0.15, 0.2) is 41.7 Å². The van der Waals surface area contributed by atoms with E-state index in [2.05, 4.69) is 38.9 Å². The van der Waals surface area contributed by atoms with E-state index in [4.69, 9.17) is 11.6 Å².